The Morgan fingerprint density at radius 3 is 2.30 bits per heavy atom. The fourth-order valence-electron chi connectivity index (χ4n) is 1.20. The van der Waals surface area contributed by atoms with Crippen LogP contribution >= 0.6 is 0 Å². The molecule has 0 bridgehead atoms. The first-order valence-corrected chi connectivity index (χ1v) is 5.87. The van der Waals surface area contributed by atoms with E-state index in [1.54, 1.807) is 0 Å². The van der Waals surface area contributed by atoms with E-state index >= 15 is 0 Å². The number of aliphatic hydroxyl groups excluding tert-OH is 1. The molecule has 0 aliphatic carbocycles. The SMILES string of the molecule is C=C(C)C(=O)OCC(O)COC(=O)c1ccc(O)cc1. The normalized spacial score (nSPS) is 11.5. The Labute approximate surface area is 116 Å². The molecule has 0 saturated heterocycles. The van der Waals surface area contributed by atoms with Gasteiger partial charge in [0.15, 0.2) is 0 Å². The van der Waals surface area contributed by atoms with Crippen LogP contribution in [0.25, 0.3) is 0 Å². The van der Waals surface area contributed by atoms with Gasteiger partial charge in [0, 0.05) is 5.57 Å². The van der Waals surface area contributed by atoms with E-state index in [1.165, 1.54) is 31.2 Å². The molecule has 0 fully saturated rings. The van der Waals surface area contributed by atoms with Gasteiger partial charge in [-0.1, -0.05) is 6.58 Å². The highest BCUT2D eigenvalue weighted by atomic mass is 16.6. The minimum Gasteiger partial charge on any atom is -0.508 e. The third-order valence-electron chi connectivity index (χ3n) is 2.27. The van der Waals surface area contributed by atoms with Crippen molar-refractivity contribution in [3.63, 3.8) is 0 Å². The van der Waals surface area contributed by atoms with E-state index in [0.29, 0.717) is 0 Å². The molecule has 1 aromatic rings. The van der Waals surface area contributed by atoms with Gasteiger partial charge < -0.3 is 19.7 Å². The summed E-state index contributed by atoms with van der Waals surface area (Å²) >= 11 is 0. The van der Waals surface area contributed by atoms with E-state index in [2.05, 4.69) is 6.58 Å². The zero-order chi connectivity index (χ0) is 15.1. The Morgan fingerprint density at radius 2 is 1.75 bits per heavy atom. The Morgan fingerprint density at radius 1 is 1.20 bits per heavy atom. The summed E-state index contributed by atoms with van der Waals surface area (Å²) in [6, 6.07) is 5.49. The summed E-state index contributed by atoms with van der Waals surface area (Å²) in [6.07, 6.45) is -1.11. The molecule has 2 N–H and O–H groups in total. The second-order valence-electron chi connectivity index (χ2n) is 4.18. The standard InChI is InChI=1S/C14H16O6/c1-9(2)13(17)19-7-12(16)8-20-14(18)10-3-5-11(15)6-4-10/h3-6,12,15-16H,1,7-8H2,2H3. The summed E-state index contributed by atoms with van der Waals surface area (Å²) in [7, 11) is 0. The number of rotatable bonds is 6. The molecule has 20 heavy (non-hydrogen) atoms. The molecule has 108 valence electrons. The van der Waals surface area contributed by atoms with Crippen LogP contribution in [0.2, 0.25) is 0 Å². The number of aliphatic hydroxyl groups is 1. The zero-order valence-corrected chi connectivity index (χ0v) is 11.0. The number of benzene rings is 1. The van der Waals surface area contributed by atoms with Gasteiger partial charge in [0.2, 0.25) is 0 Å². The van der Waals surface area contributed by atoms with Gasteiger partial charge in [0.05, 0.1) is 5.56 Å². The molecule has 1 rings (SSSR count). The van der Waals surface area contributed by atoms with Crippen LogP contribution in [0.1, 0.15) is 17.3 Å². The van der Waals surface area contributed by atoms with Crippen molar-refractivity contribution in [2.24, 2.45) is 0 Å². The predicted molar refractivity (Wildman–Crippen MR) is 70.2 cm³/mol. The molecule has 0 aliphatic heterocycles. The number of hydrogen-bond donors (Lipinski definition) is 2. The number of hydrogen-bond acceptors (Lipinski definition) is 6. The van der Waals surface area contributed by atoms with Crippen LogP contribution in [0.3, 0.4) is 0 Å². The lowest BCUT2D eigenvalue weighted by Gasteiger charge is -2.12. The first kappa shape index (κ1) is 15.7. The average molecular weight is 280 g/mol. The summed E-state index contributed by atoms with van der Waals surface area (Å²) in [5.74, 6) is -1.22. The molecule has 6 nitrogen and oxygen atoms in total. The van der Waals surface area contributed by atoms with Crippen LogP contribution < -0.4 is 0 Å². The molecule has 0 spiro atoms. The first-order chi connectivity index (χ1) is 9.40. The molecule has 1 aromatic carbocycles. The van der Waals surface area contributed by atoms with Gasteiger partial charge in [-0.05, 0) is 31.2 Å². The molecular formula is C14H16O6. The maximum absolute atomic E-state index is 11.6. The number of carbonyl (C=O) groups is 2. The smallest absolute Gasteiger partial charge is 0.338 e. The van der Waals surface area contributed by atoms with Crippen molar-refractivity contribution < 1.29 is 29.3 Å². The molecule has 0 aromatic heterocycles. The second kappa shape index (κ2) is 7.30. The maximum atomic E-state index is 11.6. The molecule has 1 atom stereocenters. The molecule has 0 heterocycles. The Balaban J connectivity index is 2.35. The zero-order valence-electron chi connectivity index (χ0n) is 11.0. The molecule has 0 radical (unpaired) electrons. The highest BCUT2D eigenvalue weighted by Crippen LogP contribution is 2.10. The minimum absolute atomic E-state index is 0.0355. The van der Waals surface area contributed by atoms with E-state index in [0.717, 1.165) is 0 Å². The molecular weight excluding hydrogens is 264 g/mol. The van der Waals surface area contributed by atoms with E-state index < -0.39 is 18.0 Å². The van der Waals surface area contributed by atoms with Gasteiger partial charge in [-0.3, -0.25) is 0 Å². The molecule has 6 heteroatoms. The Kier molecular flexibility index (Phi) is 5.74. The predicted octanol–water partition coefficient (Wildman–Crippen LogP) is 1.03. The van der Waals surface area contributed by atoms with Gasteiger partial charge in [-0.25, -0.2) is 9.59 Å². The molecule has 0 amide bonds. The molecule has 0 saturated carbocycles. The first-order valence-electron chi connectivity index (χ1n) is 5.87. The lowest BCUT2D eigenvalue weighted by molar-refractivity contribution is -0.142. The van der Waals surface area contributed by atoms with Crippen LogP contribution in [0.5, 0.6) is 5.75 Å². The van der Waals surface area contributed by atoms with Crippen molar-refractivity contribution in [3.05, 3.63) is 42.0 Å². The van der Waals surface area contributed by atoms with Crippen molar-refractivity contribution in [2.45, 2.75) is 13.0 Å². The van der Waals surface area contributed by atoms with Crippen LogP contribution in [-0.2, 0) is 14.3 Å². The average Bonchev–Trinajstić information content (AvgIpc) is 2.42. The van der Waals surface area contributed by atoms with Gasteiger partial charge in [0.1, 0.15) is 25.1 Å². The van der Waals surface area contributed by atoms with Crippen LogP contribution in [0.4, 0.5) is 0 Å². The number of phenols is 1. The van der Waals surface area contributed by atoms with Crippen molar-refractivity contribution in [3.8, 4) is 5.75 Å². The molecule has 1 unspecified atom stereocenters. The fraction of sp³-hybridized carbons (Fsp3) is 0.286. The third-order valence-corrected chi connectivity index (χ3v) is 2.27. The van der Waals surface area contributed by atoms with Crippen molar-refractivity contribution >= 4 is 11.9 Å². The highest BCUT2D eigenvalue weighted by Gasteiger charge is 2.13. The summed E-state index contributed by atoms with van der Waals surface area (Å²) in [4.78, 5) is 22.6. The van der Waals surface area contributed by atoms with E-state index in [1.807, 2.05) is 0 Å². The van der Waals surface area contributed by atoms with Gasteiger partial charge in [0.25, 0.3) is 0 Å². The largest absolute Gasteiger partial charge is 0.508 e. The van der Waals surface area contributed by atoms with Gasteiger partial charge in [-0.2, -0.15) is 0 Å². The number of ether oxygens (including phenoxy) is 2. The van der Waals surface area contributed by atoms with E-state index in [9.17, 15) is 14.7 Å². The number of carbonyl (C=O) groups excluding carboxylic acids is 2. The van der Waals surface area contributed by atoms with Crippen LogP contribution in [0.15, 0.2) is 36.4 Å². The van der Waals surface area contributed by atoms with Crippen LogP contribution in [-0.4, -0.2) is 41.5 Å². The lowest BCUT2D eigenvalue weighted by Crippen LogP contribution is -2.25. The Bertz CT molecular complexity index is 491. The quantitative estimate of drug-likeness (QED) is 0.597. The summed E-state index contributed by atoms with van der Waals surface area (Å²) in [5, 5.41) is 18.6. The van der Waals surface area contributed by atoms with Gasteiger partial charge in [-0.15, -0.1) is 0 Å². The summed E-state index contributed by atoms with van der Waals surface area (Å²) in [6.45, 7) is 4.29. The van der Waals surface area contributed by atoms with Gasteiger partial charge >= 0.3 is 11.9 Å². The fourth-order valence-corrected chi connectivity index (χ4v) is 1.20. The number of phenolic OH excluding ortho intramolecular Hbond substituents is 1. The van der Waals surface area contributed by atoms with Crippen LogP contribution in [0, 0.1) is 0 Å². The van der Waals surface area contributed by atoms with Crippen molar-refractivity contribution in [2.75, 3.05) is 13.2 Å². The number of esters is 2. The summed E-state index contributed by atoms with van der Waals surface area (Å²) < 4.78 is 9.54. The summed E-state index contributed by atoms with van der Waals surface area (Å²) in [5.41, 5.74) is 0.465. The second-order valence-corrected chi connectivity index (χ2v) is 4.18. The third kappa shape index (κ3) is 5.11. The number of aromatic hydroxyl groups is 1. The van der Waals surface area contributed by atoms with E-state index in [-0.39, 0.29) is 30.1 Å². The topological polar surface area (TPSA) is 93.1 Å². The van der Waals surface area contributed by atoms with Crippen molar-refractivity contribution in [1.82, 2.24) is 0 Å². The van der Waals surface area contributed by atoms with E-state index in [4.69, 9.17) is 14.6 Å². The highest BCUT2D eigenvalue weighted by molar-refractivity contribution is 5.89. The Hall–Kier alpha value is -2.34. The monoisotopic (exact) mass is 280 g/mol. The van der Waals surface area contributed by atoms with Crippen molar-refractivity contribution in [1.29, 1.82) is 0 Å². The maximum Gasteiger partial charge on any atom is 0.338 e. The molecule has 0 aliphatic rings. The lowest BCUT2D eigenvalue weighted by atomic mass is 10.2. The minimum atomic E-state index is -1.11.